The number of anilines is 1. The molecule has 4 heterocycles. The van der Waals surface area contributed by atoms with Crippen molar-refractivity contribution < 1.29 is 14.6 Å². The van der Waals surface area contributed by atoms with E-state index in [1.165, 1.54) is 17.5 Å². The number of methoxy groups -OCH3 is 1. The summed E-state index contributed by atoms with van der Waals surface area (Å²) in [7, 11) is 3.57. The third-order valence-corrected chi connectivity index (χ3v) is 5.73. The zero-order chi connectivity index (χ0) is 19.8. The molecular weight excluding hydrogens is 382 g/mol. The first-order chi connectivity index (χ1) is 13.5. The largest absolute Gasteiger partial charge is 0.477 e. The molecule has 3 aromatic heterocycles. The van der Waals surface area contributed by atoms with Gasteiger partial charge in [-0.05, 0) is 19.2 Å². The Morgan fingerprint density at radius 1 is 1.39 bits per heavy atom. The molecular formula is C18H19N5O4S. The molecule has 1 aliphatic heterocycles. The van der Waals surface area contributed by atoms with Crippen LogP contribution in [0.1, 0.15) is 10.4 Å². The summed E-state index contributed by atoms with van der Waals surface area (Å²) in [5.74, 6) is -0.583. The van der Waals surface area contributed by atoms with E-state index in [-0.39, 0.29) is 23.1 Å². The highest BCUT2D eigenvalue weighted by molar-refractivity contribution is 7.12. The van der Waals surface area contributed by atoms with Gasteiger partial charge in [-0.15, -0.1) is 11.3 Å². The van der Waals surface area contributed by atoms with Crippen molar-refractivity contribution in [2.75, 3.05) is 32.1 Å². The van der Waals surface area contributed by atoms with Crippen LogP contribution in [0.15, 0.2) is 34.7 Å². The molecule has 146 valence electrons. The van der Waals surface area contributed by atoms with Gasteiger partial charge in [-0.1, -0.05) is 0 Å². The molecule has 1 fully saturated rings. The average molecular weight is 401 g/mol. The zero-order valence-electron chi connectivity index (χ0n) is 15.3. The van der Waals surface area contributed by atoms with Crippen LogP contribution in [-0.4, -0.2) is 65.0 Å². The van der Waals surface area contributed by atoms with Crippen LogP contribution in [0.4, 0.5) is 5.82 Å². The number of thiazole rings is 1. The fourth-order valence-corrected chi connectivity index (χ4v) is 4.10. The second kappa shape index (κ2) is 7.30. The zero-order valence-corrected chi connectivity index (χ0v) is 16.1. The molecule has 10 heteroatoms. The first-order valence-electron chi connectivity index (χ1n) is 8.68. The summed E-state index contributed by atoms with van der Waals surface area (Å²) < 4.78 is 7.10. The lowest BCUT2D eigenvalue weighted by Gasteiger charge is -2.18. The minimum Gasteiger partial charge on any atom is -0.477 e. The molecule has 2 N–H and O–H groups in total. The summed E-state index contributed by atoms with van der Waals surface area (Å²) in [6, 6.07) is 3.54. The Labute approximate surface area is 164 Å². The van der Waals surface area contributed by atoms with Crippen molar-refractivity contribution in [1.82, 2.24) is 19.9 Å². The summed E-state index contributed by atoms with van der Waals surface area (Å²) in [5, 5.41) is 15.2. The molecule has 28 heavy (non-hydrogen) atoms. The number of pyridine rings is 2. The Morgan fingerprint density at radius 3 is 2.82 bits per heavy atom. The number of ether oxygens (including phenoxy) is 1. The molecule has 1 saturated heterocycles. The number of rotatable bonds is 5. The Balaban J connectivity index is 1.87. The van der Waals surface area contributed by atoms with Crippen molar-refractivity contribution >= 4 is 34.2 Å². The minimum absolute atomic E-state index is 0.0260. The van der Waals surface area contributed by atoms with Gasteiger partial charge in [-0.3, -0.25) is 9.36 Å². The van der Waals surface area contributed by atoms with Gasteiger partial charge in [0.2, 0.25) is 5.43 Å². The van der Waals surface area contributed by atoms with Crippen LogP contribution in [0.3, 0.4) is 0 Å². The van der Waals surface area contributed by atoms with Crippen LogP contribution < -0.4 is 15.6 Å². The molecule has 0 bridgehead atoms. The number of carbonyl (C=O) groups is 1. The van der Waals surface area contributed by atoms with Crippen molar-refractivity contribution in [3.8, 4) is 5.13 Å². The molecule has 0 saturated carbocycles. The lowest BCUT2D eigenvalue weighted by Crippen LogP contribution is -2.37. The van der Waals surface area contributed by atoms with Crippen LogP contribution in [0.25, 0.3) is 16.2 Å². The first kappa shape index (κ1) is 18.5. The van der Waals surface area contributed by atoms with Crippen LogP contribution in [0.2, 0.25) is 0 Å². The number of nitrogens with zero attached hydrogens (tertiary/aromatic N) is 4. The van der Waals surface area contributed by atoms with Crippen molar-refractivity contribution in [3.63, 3.8) is 0 Å². The number of carboxylic acid groups (broad SMARTS) is 1. The number of fused-ring (bicyclic) bond motifs is 1. The third kappa shape index (κ3) is 3.05. The van der Waals surface area contributed by atoms with E-state index >= 15 is 0 Å². The van der Waals surface area contributed by atoms with E-state index in [2.05, 4.69) is 15.2 Å². The van der Waals surface area contributed by atoms with Gasteiger partial charge >= 0.3 is 5.97 Å². The number of aromatic nitrogens is 3. The molecule has 4 rings (SSSR count). The summed E-state index contributed by atoms with van der Waals surface area (Å²) in [6.45, 7) is 1.37. The van der Waals surface area contributed by atoms with Crippen molar-refractivity contribution in [1.29, 1.82) is 0 Å². The number of aromatic carboxylic acids is 1. The van der Waals surface area contributed by atoms with Gasteiger partial charge in [0.1, 0.15) is 11.4 Å². The normalized spacial score (nSPS) is 19.4. The summed E-state index contributed by atoms with van der Waals surface area (Å²) in [5.41, 5.74) is -0.490. The second-order valence-electron chi connectivity index (χ2n) is 6.48. The average Bonchev–Trinajstić information content (AvgIpc) is 3.37. The van der Waals surface area contributed by atoms with Crippen LogP contribution in [0.5, 0.6) is 0 Å². The lowest BCUT2D eigenvalue weighted by molar-refractivity contribution is 0.0695. The number of likely N-dealkylation sites (N-methyl/N-ethyl adjacent to an activating group) is 1. The highest BCUT2D eigenvalue weighted by atomic mass is 32.1. The number of hydrogen-bond donors (Lipinski definition) is 2. The highest BCUT2D eigenvalue weighted by Crippen LogP contribution is 2.24. The quantitative estimate of drug-likeness (QED) is 0.651. The number of carboxylic acids is 1. The van der Waals surface area contributed by atoms with Crippen LogP contribution in [-0.2, 0) is 4.74 Å². The lowest BCUT2D eigenvalue weighted by atomic mass is 10.2. The van der Waals surface area contributed by atoms with Gasteiger partial charge in [0.15, 0.2) is 10.8 Å². The number of hydrogen-bond acceptors (Lipinski definition) is 8. The van der Waals surface area contributed by atoms with E-state index in [0.29, 0.717) is 29.7 Å². The Morgan fingerprint density at radius 2 is 2.21 bits per heavy atom. The maximum Gasteiger partial charge on any atom is 0.341 e. The van der Waals surface area contributed by atoms with Gasteiger partial charge in [0.25, 0.3) is 0 Å². The van der Waals surface area contributed by atoms with Gasteiger partial charge in [0.05, 0.1) is 17.5 Å². The molecule has 3 aromatic rings. The molecule has 2 atom stereocenters. The first-order valence-corrected chi connectivity index (χ1v) is 9.56. The van der Waals surface area contributed by atoms with E-state index in [4.69, 9.17) is 9.72 Å². The van der Waals surface area contributed by atoms with E-state index < -0.39 is 11.4 Å². The molecule has 1 aliphatic rings. The van der Waals surface area contributed by atoms with Gasteiger partial charge in [0, 0.05) is 38.0 Å². The van der Waals surface area contributed by atoms with E-state index in [0.717, 1.165) is 0 Å². The Hall–Kier alpha value is -2.82. The van der Waals surface area contributed by atoms with Crippen molar-refractivity contribution in [2.45, 2.75) is 12.1 Å². The van der Waals surface area contributed by atoms with Crippen LogP contribution in [0, 0.1) is 0 Å². The topological polar surface area (TPSA) is 110 Å². The fourth-order valence-electron chi connectivity index (χ4n) is 3.48. The molecule has 0 aromatic carbocycles. The van der Waals surface area contributed by atoms with Crippen LogP contribution >= 0.6 is 11.3 Å². The van der Waals surface area contributed by atoms with E-state index in [1.807, 2.05) is 7.05 Å². The maximum atomic E-state index is 12.6. The molecule has 0 aliphatic carbocycles. The molecule has 0 spiro atoms. The highest BCUT2D eigenvalue weighted by Gasteiger charge is 2.32. The second-order valence-corrected chi connectivity index (χ2v) is 7.35. The molecule has 0 amide bonds. The summed E-state index contributed by atoms with van der Waals surface area (Å²) >= 11 is 1.34. The van der Waals surface area contributed by atoms with Gasteiger partial charge in [-0.2, -0.15) is 0 Å². The smallest absolute Gasteiger partial charge is 0.341 e. The van der Waals surface area contributed by atoms with Crippen molar-refractivity contribution in [2.24, 2.45) is 0 Å². The van der Waals surface area contributed by atoms with Crippen molar-refractivity contribution in [3.05, 3.63) is 45.7 Å². The predicted molar refractivity (Wildman–Crippen MR) is 106 cm³/mol. The Bertz CT molecular complexity index is 1070. The monoisotopic (exact) mass is 401 g/mol. The fraction of sp³-hybridized carbons (Fsp3) is 0.333. The summed E-state index contributed by atoms with van der Waals surface area (Å²) in [6.07, 6.45) is 2.94. The summed E-state index contributed by atoms with van der Waals surface area (Å²) in [4.78, 5) is 35.2. The van der Waals surface area contributed by atoms with Gasteiger partial charge < -0.3 is 20.1 Å². The van der Waals surface area contributed by atoms with E-state index in [9.17, 15) is 14.7 Å². The predicted octanol–water partition coefficient (Wildman–Crippen LogP) is 0.963. The SMILES string of the molecule is CN[C@H]1CN(c2ccc3c(=O)c(C(=O)O)cn(-c4nccs4)c3n2)C[C@H]1OC. The van der Waals surface area contributed by atoms with Gasteiger partial charge in [-0.25, -0.2) is 14.8 Å². The molecule has 9 nitrogen and oxygen atoms in total. The minimum atomic E-state index is -1.28. The maximum absolute atomic E-state index is 12.6. The standard InChI is InChI=1S/C18H19N5O4S/c1-19-12-8-22(9-13(12)27-2)14-4-3-10-15(24)11(17(25)26)7-23(16(10)21-14)18-20-5-6-28-18/h3-7,12-13,19H,8-9H2,1-2H3,(H,25,26)/t12-,13+/m0/s1. The molecule has 0 radical (unpaired) electrons. The van der Waals surface area contributed by atoms with E-state index in [1.54, 1.807) is 35.4 Å². The molecule has 0 unspecified atom stereocenters. The Kier molecular flexibility index (Phi) is 4.84. The number of nitrogens with one attached hydrogen (secondary N) is 1. The third-order valence-electron chi connectivity index (χ3n) is 4.96.